The predicted molar refractivity (Wildman–Crippen MR) is 62.2 cm³/mol. The summed E-state index contributed by atoms with van der Waals surface area (Å²) in [7, 11) is -3.14. The molecule has 0 aliphatic heterocycles. The van der Waals surface area contributed by atoms with Crippen LogP contribution in [0.25, 0.3) is 0 Å². The summed E-state index contributed by atoms with van der Waals surface area (Å²) in [5, 5.41) is 0. The lowest BCUT2D eigenvalue weighted by atomic mass is 10.1. The molecule has 0 aliphatic carbocycles. The van der Waals surface area contributed by atoms with Crippen LogP contribution in [0.1, 0.15) is 31.0 Å². The van der Waals surface area contributed by atoms with Crippen molar-refractivity contribution in [2.75, 3.05) is 6.26 Å². The van der Waals surface area contributed by atoms with Crippen molar-refractivity contribution in [1.82, 2.24) is 4.72 Å². The molecule has 0 saturated heterocycles. The van der Waals surface area contributed by atoms with Crippen LogP contribution in [-0.4, -0.2) is 14.7 Å². The van der Waals surface area contributed by atoms with Crippen molar-refractivity contribution in [2.45, 2.75) is 26.3 Å². The molecule has 0 spiro atoms. The Morgan fingerprint density at radius 1 is 1.27 bits per heavy atom. The van der Waals surface area contributed by atoms with E-state index in [2.05, 4.69) is 11.6 Å². The summed E-state index contributed by atoms with van der Waals surface area (Å²) in [6.45, 7) is 3.93. The zero-order chi connectivity index (χ0) is 11.5. The summed E-state index contributed by atoms with van der Waals surface area (Å²) < 4.78 is 24.6. The number of rotatable bonds is 4. The highest BCUT2D eigenvalue weighted by molar-refractivity contribution is 7.88. The highest BCUT2D eigenvalue weighted by Gasteiger charge is 2.10. The van der Waals surface area contributed by atoms with E-state index in [1.54, 1.807) is 0 Å². The molecule has 0 heterocycles. The number of hydrogen-bond donors (Lipinski definition) is 1. The van der Waals surface area contributed by atoms with Gasteiger partial charge in [-0.3, -0.25) is 0 Å². The van der Waals surface area contributed by atoms with Gasteiger partial charge in [0.05, 0.1) is 6.26 Å². The number of nitrogens with one attached hydrogen (secondary N) is 1. The van der Waals surface area contributed by atoms with Crippen molar-refractivity contribution in [3.05, 3.63) is 35.4 Å². The molecule has 0 unspecified atom stereocenters. The molecule has 84 valence electrons. The van der Waals surface area contributed by atoms with Crippen LogP contribution in [0.2, 0.25) is 0 Å². The smallest absolute Gasteiger partial charge is 0.209 e. The van der Waals surface area contributed by atoms with Crippen LogP contribution < -0.4 is 4.72 Å². The molecule has 0 saturated carbocycles. The first-order chi connectivity index (χ1) is 6.92. The Balaban J connectivity index is 2.78. The topological polar surface area (TPSA) is 46.2 Å². The second kappa shape index (κ2) is 4.77. The highest BCUT2D eigenvalue weighted by atomic mass is 32.2. The molecule has 1 N–H and O–H groups in total. The van der Waals surface area contributed by atoms with Crippen LogP contribution in [-0.2, 0) is 16.4 Å². The van der Waals surface area contributed by atoms with Crippen molar-refractivity contribution in [2.24, 2.45) is 0 Å². The van der Waals surface area contributed by atoms with Crippen molar-refractivity contribution in [3.8, 4) is 0 Å². The van der Waals surface area contributed by atoms with E-state index >= 15 is 0 Å². The van der Waals surface area contributed by atoms with Gasteiger partial charge in [0.15, 0.2) is 0 Å². The monoisotopic (exact) mass is 227 g/mol. The van der Waals surface area contributed by atoms with Crippen LogP contribution in [0.3, 0.4) is 0 Å². The molecule has 1 atom stereocenters. The lowest BCUT2D eigenvalue weighted by molar-refractivity contribution is 0.573. The first-order valence-electron chi connectivity index (χ1n) is 4.98. The fourth-order valence-electron chi connectivity index (χ4n) is 1.43. The first kappa shape index (κ1) is 12.2. The van der Waals surface area contributed by atoms with Crippen LogP contribution in [0.15, 0.2) is 24.3 Å². The Kier molecular flexibility index (Phi) is 3.88. The van der Waals surface area contributed by atoms with E-state index in [9.17, 15) is 8.42 Å². The Labute approximate surface area is 91.6 Å². The van der Waals surface area contributed by atoms with Crippen molar-refractivity contribution >= 4 is 10.0 Å². The third kappa shape index (κ3) is 4.01. The molecule has 1 rings (SSSR count). The van der Waals surface area contributed by atoms with Gasteiger partial charge in [0.25, 0.3) is 0 Å². The van der Waals surface area contributed by atoms with E-state index in [1.807, 2.05) is 31.2 Å². The molecule has 0 bridgehead atoms. The Bertz CT molecular complexity index is 409. The molecule has 1 aromatic carbocycles. The number of benzene rings is 1. The SMILES string of the molecule is CCc1ccc([C@@H](C)NS(C)(=O)=O)cc1. The molecule has 1 aromatic rings. The fraction of sp³-hybridized carbons (Fsp3) is 0.455. The Morgan fingerprint density at radius 2 is 1.80 bits per heavy atom. The molecule has 0 fully saturated rings. The van der Waals surface area contributed by atoms with E-state index in [4.69, 9.17) is 0 Å². The van der Waals surface area contributed by atoms with Gasteiger partial charge in [-0.1, -0.05) is 31.2 Å². The van der Waals surface area contributed by atoms with Gasteiger partial charge in [0.2, 0.25) is 10.0 Å². The van der Waals surface area contributed by atoms with Crippen molar-refractivity contribution in [3.63, 3.8) is 0 Å². The molecule has 15 heavy (non-hydrogen) atoms. The van der Waals surface area contributed by atoms with E-state index in [1.165, 1.54) is 11.8 Å². The number of aryl methyl sites for hydroxylation is 1. The molecule has 0 radical (unpaired) electrons. The van der Waals surface area contributed by atoms with Crippen LogP contribution in [0.5, 0.6) is 0 Å². The van der Waals surface area contributed by atoms with E-state index in [-0.39, 0.29) is 6.04 Å². The summed E-state index contributed by atoms with van der Waals surface area (Å²) in [5.41, 5.74) is 2.24. The average Bonchev–Trinajstić information content (AvgIpc) is 2.15. The number of hydrogen-bond acceptors (Lipinski definition) is 2. The van der Waals surface area contributed by atoms with Gasteiger partial charge in [-0.2, -0.15) is 0 Å². The molecule has 0 aliphatic rings. The second-order valence-electron chi connectivity index (χ2n) is 3.71. The summed E-state index contributed by atoms with van der Waals surface area (Å²) in [5.74, 6) is 0. The molecular weight excluding hydrogens is 210 g/mol. The van der Waals surface area contributed by atoms with E-state index in [0.29, 0.717) is 0 Å². The van der Waals surface area contributed by atoms with Crippen molar-refractivity contribution < 1.29 is 8.42 Å². The average molecular weight is 227 g/mol. The third-order valence-corrected chi connectivity index (χ3v) is 3.06. The maximum Gasteiger partial charge on any atom is 0.209 e. The van der Waals surface area contributed by atoms with Crippen LogP contribution in [0, 0.1) is 0 Å². The lowest BCUT2D eigenvalue weighted by Crippen LogP contribution is -2.25. The van der Waals surface area contributed by atoms with E-state index < -0.39 is 10.0 Å². The zero-order valence-electron chi connectivity index (χ0n) is 9.32. The highest BCUT2D eigenvalue weighted by Crippen LogP contribution is 2.14. The maximum atomic E-state index is 11.0. The molecule has 0 amide bonds. The van der Waals surface area contributed by atoms with Crippen LogP contribution in [0.4, 0.5) is 0 Å². The fourth-order valence-corrected chi connectivity index (χ4v) is 2.21. The van der Waals surface area contributed by atoms with Gasteiger partial charge < -0.3 is 0 Å². The molecule has 3 nitrogen and oxygen atoms in total. The molecule has 4 heteroatoms. The summed E-state index contributed by atoms with van der Waals surface area (Å²) in [6, 6.07) is 7.79. The standard InChI is InChI=1S/C11H17NO2S/c1-4-10-5-7-11(8-6-10)9(2)12-15(3,13)14/h5-9,12H,4H2,1-3H3/t9-/m1/s1. The molecular formula is C11H17NO2S. The molecule has 0 aromatic heterocycles. The van der Waals surface area contributed by atoms with Gasteiger partial charge in [-0.15, -0.1) is 0 Å². The lowest BCUT2D eigenvalue weighted by Gasteiger charge is -2.12. The van der Waals surface area contributed by atoms with E-state index in [0.717, 1.165) is 12.0 Å². The zero-order valence-corrected chi connectivity index (χ0v) is 10.1. The van der Waals surface area contributed by atoms with Gasteiger partial charge in [-0.25, -0.2) is 13.1 Å². The second-order valence-corrected chi connectivity index (χ2v) is 5.49. The minimum absolute atomic E-state index is 0.175. The summed E-state index contributed by atoms with van der Waals surface area (Å²) in [4.78, 5) is 0. The Morgan fingerprint density at radius 3 is 2.20 bits per heavy atom. The third-order valence-electron chi connectivity index (χ3n) is 2.28. The van der Waals surface area contributed by atoms with Gasteiger partial charge >= 0.3 is 0 Å². The first-order valence-corrected chi connectivity index (χ1v) is 6.87. The Hall–Kier alpha value is -0.870. The van der Waals surface area contributed by atoms with Crippen molar-refractivity contribution in [1.29, 1.82) is 0 Å². The van der Waals surface area contributed by atoms with Gasteiger partial charge in [-0.05, 0) is 24.5 Å². The normalized spacial score (nSPS) is 13.8. The summed E-state index contributed by atoms with van der Waals surface area (Å²) in [6.07, 6.45) is 2.16. The largest absolute Gasteiger partial charge is 0.213 e. The van der Waals surface area contributed by atoms with Crippen LogP contribution >= 0.6 is 0 Å². The minimum Gasteiger partial charge on any atom is -0.213 e. The van der Waals surface area contributed by atoms with Gasteiger partial charge in [0.1, 0.15) is 0 Å². The van der Waals surface area contributed by atoms with Gasteiger partial charge in [0, 0.05) is 6.04 Å². The summed E-state index contributed by atoms with van der Waals surface area (Å²) >= 11 is 0. The minimum atomic E-state index is -3.14. The number of sulfonamides is 1. The predicted octanol–water partition coefficient (Wildman–Crippen LogP) is 1.86. The maximum absolute atomic E-state index is 11.0. The quantitative estimate of drug-likeness (QED) is 0.853.